The number of carbonyl (C=O) groups is 2. The molecule has 150 valence electrons. The number of carbonyl (C=O) groups excluding carboxylic acids is 2. The van der Waals surface area contributed by atoms with Gasteiger partial charge in [-0.05, 0) is 55.7 Å². The molecular formula is C23H24ClN3O2. The zero-order valence-corrected chi connectivity index (χ0v) is 17.6. The number of benzene rings is 2. The molecule has 29 heavy (non-hydrogen) atoms. The van der Waals surface area contributed by atoms with Gasteiger partial charge in [0.05, 0.1) is 22.5 Å². The van der Waals surface area contributed by atoms with E-state index < -0.39 is 0 Å². The number of hydrogen-bond acceptors (Lipinski definition) is 3. The van der Waals surface area contributed by atoms with E-state index in [9.17, 15) is 9.59 Å². The van der Waals surface area contributed by atoms with Crippen LogP contribution in [0.2, 0.25) is 5.02 Å². The number of rotatable bonds is 6. The minimum Gasteiger partial charge on any atom is -0.352 e. The topological polar surface area (TPSA) is 71.1 Å². The van der Waals surface area contributed by atoms with Crippen LogP contribution in [-0.4, -0.2) is 23.3 Å². The maximum Gasteiger partial charge on any atom is 0.252 e. The van der Waals surface area contributed by atoms with Gasteiger partial charge in [-0.15, -0.1) is 0 Å². The quantitative estimate of drug-likeness (QED) is 0.612. The van der Waals surface area contributed by atoms with Gasteiger partial charge < -0.3 is 10.6 Å². The summed E-state index contributed by atoms with van der Waals surface area (Å²) in [5.41, 5.74) is 4.69. The number of nitrogens with one attached hydrogen (secondary N) is 2. The molecule has 3 aromatic rings. The maximum atomic E-state index is 12.6. The second-order valence-electron chi connectivity index (χ2n) is 6.99. The second kappa shape index (κ2) is 9.05. The number of aryl methyl sites for hydroxylation is 2. The van der Waals surface area contributed by atoms with Gasteiger partial charge in [-0.2, -0.15) is 0 Å². The van der Waals surface area contributed by atoms with Crippen LogP contribution >= 0.6 is 11.6 Å². The van der Waals surface area contributed by atoms with Crippen LogP contribution in [0.1, 0.15) is 40.5 Å². The Balaban J connectivity index is 1.75. The standard InChI is InChI=1S/C23H24ClN3O2/c1-4-11-25-23(29)18-10-9-16(12-20(18)24)27-22(28)13-19-14(2)17-7-5-6-8-21(17)26-15(19)3/h5-10,12H,4,11,13H2,1-3H3,(H,25,29)(H,27,28). The molecule has 1 aromatic heterocycles. The molecule has 3 rings (SSSR count). The van der Waals surface area contributed by atoms with Gasteiger partial charge >= 0.3 is 0 Å². The molecule has 2 N–H and O–H groups in total. The van der Waals surface area contributed by atoms with E-state index >= 15 is 0 Å². The SMILES string of the molecule is CCCNC(=O)c1ccc(NC(=O)Cc2c(C)nc3ccccc3c2C)cc1Cl. The lowest BCUT2D eigenvalue weighted by Gasteiger charge is -2.13. The minimum absolute atomic E-state index is 0.160. The van der Waals surface area contributed by atoms with E-state index in [4.69, 9.17) is 11.6 Å². The number of halogens is 1. The summed E-state index contributed by atoms with van der Waals surface area (Å²) >= 11 is 6.24. The third-order valence-electron chi connectivity index (χ3n) is 4.86. The van der Waals surface area contributed by atoms with Crippen molar-refractivity contribution >= 4 is 40.0 Å². The average Bonchev–Trinajstić information content (AvgIpc) is 2.69. The molecular weight excluding hydrogens is 386 g/mol. The Hall–Kier alpha value is -2.92. The number of nitrogens with zero attached hydrogens (tertiary/aromatic N) is 1. The molecule has 5 nitrogen and oxygen atoms in total. The van der Waals surface area contributed by atoms with E-state index in [0.717, 1.165) is 34.1 Å². The number of hydrogen-bond donors (Lipinski definition) is 2. The van der Waals surface area contributed by atoms with Crippen LogP contribution in [0.3, 0.4) is 0 Å². The Kier molecular flexibility index (Phi) is 6.49. The summed E-state index contributed by atoms with van der Waals surface area (Å²) in [6.45, 7) is 6.50. The number of para-hydroxylation sites is 1. The van der Waals surface area contributed by atoms with Gasteiger partial charge in [0.1, 0.15) is 0 Å². The molecule has 0 unspecified atom stereocenters. The fraction of sp³-hybridized carbons (Fsp3) is 0.261. The van der Waals surface area contributed by atoms with Crippen LogP contribution in [0.5, 0.6) is 0 Å². The molecule has 0 saturated carbocycles. The molecule has 0 aliphatic heterocycles. The number of amides is 2. The van der Waals surface area contributed by atoms with Gasteiger partial charge in [0.15, 0.2) is 0 Å². The van der Waals surface area contributed by atoms with Crippen molar-refractivity contribution in [2.75, 3.05) is 11.9 Å². The van der Waals surface area contributed by atoms with Crippen LogP contribution in [0, 0.1) is 13.8 Å². The molecule has 0 aliphatic rings. The normalized spacial score (nSPS) is 10.8. The summed E-state index contributed by atoms with van der Waals surface area (Å²) in [4.78, 5) is 29.3. The summed E-state index contributed by atoms with van der Waals surface area (Å²) in [7, 11) is 0. The minimum atomic E-state index is -0.219. The van der Waals surface area contributed by atoms with Crippen molar-refractivity contribution in [2.45, 2.75) is 33.6 Å². The zero-order chi connectivity index (χ0) is 21.0. The van der Waals surface area contributed by atoms with E-state index in [-0.39, 0.29) is 18.2 Å². The van der Waals surface area contributed by atoms with E-state index in [1.807, 2.05) is 45.0 Å². The number of fused-ring (bicyclic) bond motifs is 1. The molecule has 1 heterocycles. The van der Waals surface area contributed by atoms with Crippen LogP contribution in [0.15, 0.2) is 42.5 Å². The summed E-state index contributed by atoms with van der Waals surface area (Å²) in [6, 6.07) is 12.8. The fourth-order valence-corrected chi connectivity index (χ4v) is 3.57. The highest BCUT2D eigenvalue weighted by molar-refractivity contribution is 6.34. The van der Waals surface area contributed by atoms with Gasteiger partial charge in [0, 0.05) is 23.3 Å². The molecule has 2 aromatic carbocycles. The van der Waals surface area contributed by atoms with Gasteiger partial charge in [0.25, 0.3) is 5.91 Å². The lowest BCUT2D eigenvalue weighted by atomic mass is 9.99. The van der Waals surface area contributed by atoms with E-state index in [2.05, 4.69) is 15.6 Å². The summed E-state index contributed by atoms with van der Waals surface area (Å²) in [5.74, 6) is -0.379. The van der Waals surface area contributed by atoms with Crippen LogP contribution in [0.4, 0.5) is 5.69 Å². The summed E-state index contributed by atoms with van der Waals surface area (Å²) in [6.07, 6.45) is 1.06. The highest BCUT2D eigenvalue weighted by Crippen LogP contribution is 2.24. The monoisotopic (exact) mass is 409 g/mol. The molecule has 0 radical (unpaired) electrons. The molecule has 2 amide bonds. The van der Waals surface area contributed by atoms with Crippen molar-refractivity contribution in [3.63, 3.8) is 0 Å². The van der Waals surface area contributed by atoms with E-state index in [0.29, 0.717) is 22.8 Å². The van der Waals surface area contributed by atoms with Crippen molar-refractivity contribution in [2.24, 2.45) is 0 Å². The Morgan fingerprint density at radius 1 is 1.10 bits per heavy atom. The highest BCUT2D eigenvalue weighted by atomic mass is 35.5. The molecule has 6 heteroatoms. The highest BCUT2D eigenvalue weighted by Gasteiger charge is 2.15. The number of pyridine rings is 1. The predicted molar refractivity (Wildman–Crippen MR) is 118 cm³/mol. The van der Waals surface area contributed by atoms with Crippen molar-refractivity contribution in [1.82, 2.24) is 10.3 Å². The van der Waals surface area contributed by atoms with Crippen LogP contribution in [0.25, 0.3) is 10.9 Å². The average molecular weight is 410 g/mol. The van der Waals surface area contributed by atoms with Gasteiger partial charge in [-0.3, -0.25) is 14.6 Å². The lowest BCUT2D eigenvalue weighted by molar-refractivity contribution is -0.115. The molecule has 0 bridgehead atoms. The Morgan fingerprint density at radius 2 is 1.86 bits per heavy atom. The molecule has 0 atom stereocenters. The predicted octanol–water partition coefficient (Wildman–Crippen LogP) is 4.83. The largest absolute Gasteiger partial charge is 0.352 e. The Morgan fingerprint density at radius 3 is 2.59 bits per heavy atom. The number of anilines is 1. The Labute approximate surface area is 175 Å². The van der Waals surface area contributed by atoms with Crippen molar-refractivity contribution in [1.29, 1.82) is 0 Å². The third kappa shape index (κ3) is 4.74. The summed E-state index contributed by atoms with van der Waals surface area (Å²) in [5, 5.41) is 7.00. The van der Waals surface area contributed by atoms with E-state index in [1.54, 1.807) is 18.2 Å². The van der Waals surface area contributed by atoms with Crippen molar-refractivity contribution in [3.05, 3.63) is 69.9 Å². The van der Waals surface area contributed by atoms with E-state index in [1.165, 1.54) is 0 Å². The summed E-state index contributed by atoms with van der Waals surface area (Å²) < 4.78 is 0. The zero-order valence-electron chi connectivity index (χ0n) is 16.8. The first-order chi connectivity index (χ1) is 13.9. The van der Waals surface area contributed by atoms with Crippen LogP contribution in [-0.2, 0) is 11.2 Å². The van der Waals surface area contributed by atoms with Crippen LogP contribution < -0.4 is 10.6 Å². The van der Waals surface area contributed by atoms with Crippen molar-refractivity contribution in [3.8, 4) is 0 Å². The van der Waals surface area contributed by atoms with Gasteiger partial charge in [-0.1, -0.05) is 36.7 Å². The lowest BCUT2D eigenvalue weighted by Crippen LogP contribution is -2.24. The molecule has 0 aliphatic carbocycles. The van der Waals surface area contributed by atoms with Crippen molar-refractivity contribution < 1.29 is 9.59 Å². The first-order valence-corrected chi connectivity index (χ1v) is 10.0. The first-order valence-electron chi connectivity index (χ1n) is 9.63. The Bertz CT molecular complexity index is 1080. The van der Waals surface area contributed by atoms with Gasteiger partial charge in [-0.25, -0.2) is 0 Å². The molecule has 0 saturated heterocycles. The first kappa shape index (κ1) is 20.8. The van der Waals surface area contributed by atoms with Gasteiger partial charge in [0.2, 0.25) is 5.91 Å². The third-order valence-corrected chi connectivity index (χ3v) is 5.17. The molecule has 0 fully saturated rings. The fourth-order valence-electron chi connectivity index (χ4n) is 3.31. The molecule has 0 spiro atoms. The number of aromatic nitrogens is 1. The smallest absolute Gasteiger partial charge is 0.252 e. The maximum absolute atomic E-state index is 12.6. The second-order valence-corrected chi connectivity index (χ2v) is 7.40.